The molecule has 1 aromatic carbocycles. The van der Waals surface area contributed by atoms with Gasteiger partial charge in [0.15, 0.2) is 0 Å². The van der Waals surface area contributed by atoms with Crippen molar-refractivity contribution in [2.24, 2.45) is 5.92 Å². The van der Waals surface area contributed by atoms with E-state index in [4.69, 9.17) is 4.74 Å². The lowest BCUT2D eigenvalue weighted by Crippen LogP contribution is -2.37. The summed E-state index contributed by atoms with van der Waals surface area (Å²) in [6, 6.07) is 3.29. The summed E-state index contributed by atoms with van der Waals surface area (Å²) in [4.78, 5) is 0. The average molecular weight is 269 g/mol. The average Bonchev–Trinajstić information content (AvgIpc) is 2.41. The van der Waals surface area contributed by atoms with Crippen LogP contribution in [-0.2, 0) is 5.92 Å². The van der Waals surface area contributed by atoms with Gasteiger partial charge in [0.25, 0.3) is 5.92 Å². The van der Waals surface area contributed by atoms with Crippen LogP contribution in [0.15, 0.2) is 12.1 Å². The molecule has 0 unspecified atom stereocenters. The second-order valence-corrected chi connectivity index (χ2v) is 5.28. The smallest absolute Gasteiger partial charge is 0.276 e. The SMILES string of the molecule is COc1cc(C)c(C(F)(F)C2CCNCC2)cc1C. The summed E-state index contributed by atoms with van der Waals surface area (Å²) in [6.45, 7) is 4.88. The summed E-state index contributed by atoms with van der Waals surface area (Å²) in [5.41, 5.74) is 1.51. The van der Waals surface area contributed by atoms with E-state index in [1.807, 2.05) is 0 Å². The van der Waals surface area contributed by atoms with Crippen LogP contribution in [0.4, 0.5) is 8.78 Å². The molecule has 1 aliphatic rings. The molecule has 0 saturated carbocycles. The fourth-order valence-corrected chi connectivity index (χ4v) is 2.77. The van der Waals surface area contributed by atoms with E-state index in [0.717, 1.165) is 5.56 Å². The minimum absolute atomic E-state index is 0.151. The molecule has 1 fully saturated rings. The van der Waals surface area contributed by atoms with Crippen LogP contribution in [0, 0.1) is 19.8 Å². The molecule has 1 heterocycles. The summed E-state index contributed by atoms with van der Waals surface area (Å²) in [5.74, 6) is -2.66. The zero-order valence-corrected chi connectivity index (χ0v) is 11.7. The highest BCUT2D eigenvalue weighted by Gasteiger charge is 2.42. The van der Waals surface area contributed by atoms with Crippen molar-refractivity contribution in [1.29, 1.82) is 0 Å². The first-order chi connectivity index (χ1) is 8.96. The first kappa shape index (κ1) is 14.3. The Bertz CT molecular complexity index is 454. The van der Waals surface area contributed by atoms with E-state index in [1.165, 1.54) is 0 Å². The molecule has 0 aromatic heterocycles. The molecule has 0 atom stereocenters. The van der Waals surface area contributed by atoms with Gasteiger partial charge < -0.3 is 10.1 Å². The number of rotatable bonds is 3. The van der Waals surface area contributed by atoms with Crippen molar-refractivity contribution >= 4 is 0 Å². The van der Waals surface area contributed by atoms with E-state index in [-0.39, 0.29) is 5.56 Å². The number of halogens is 2. The van der Waals surface area contributed by atoms with Crippen molar-refractivity contribution in [2.75, 3.05) is 20.2 Å². The van der Waals surface area contributed by atoms with Crippen molar-refractivity contribution in [3.05, 3.63) is 28.8 Å². The van der Waals surface area contributed by atoms with Crippen LogP contribution >= 0.6 is 0 Å². The highest BCUT2D eigenvalue weighted by Crippen LogP contribution is 2.43. The molecule has 2 nitrogen and oxygen atoms in total. The van der Waals surface area contributed by atoms with Gasteiger partial charge in [-0.3, -0.25) is 0 Å². The number of nitrogens with one attached hydrogen (secondary N) is 1. The Morgan fingerprint density at radius 3 is 2.37 bits per heavy atom. The molecule has 0 aliphatic carbocycles. The standard InChI is InChI=1S/C15H21F2NO/c1-10-9-14(19-3)11(2)8-13(10)15(16,17)12-4-6-18-7-5-12/h8-9,12,18H,4-7H2,1-3H3. The molecule has 1 aromatic rings. The topological polar surface area (TPSA) is 21.3 Å². The first-order valence-electron chi connectivity index (χ1n) is 6.71. The molecule has 0 radical (unpaired) electrons. The minimum atomic E-state index is -2.76. The van der Waals surface area contributed by atoms with Crippen LogP contribution in [0.2, 0.25) is 0 Å². The zero-order valence-electron chi connectivity index (χ0n) is 11.7. The summed E-state index contributed by atoms with van der Waals surface area (Å²) in [7, 11) is 1.56. The van der Waals surface area contributed by atoms with Gasteiger partial charge in [-0.05, 0) is 63.0 Å². The van der Waals surface area contributed by atoms with Crippen LogP contribution < -0.4 is 10.1 Å². The second-order valence-electron chi connectivity index (χ2n) is 5.28. The monoisotopic (exact) mass is 269 g/mol. The molecular weight excluding hydrogens is 248 g/mol. The molecule has 0 spiro atoms. The predicted octanol–water partition coefficient (Wildman–Crippen LogP) is 3.40. The Morgan fingerprint density at radius 2 is 1.79 bits per heavy atom. The lowest BCUT2D eigenvalue weighted by molar-refractivity contribution is -0.0758. The van der Waals surface area contributed by atoms with Gasteiger partial charge in [-0.15, -0.1) is 0 Å². The van der Waals surface area contributed by atoms with E-state index < -0.39 is 11.8 Å². The van der Waals surface area contributed by atoms with E-state index in [0.29, 0.717) is 37.2 Å². The number of benzene rings is 1. The van der Waals surface area contributed by atoms with Crippen molar-refractivity contribution < 1.29 is 13.5 Å². The number of hydrogen-bond donors (Lipinski definition) is 1. The minimum Gasteiger partial charge on any atom is -0.496 e. The molecule has 19 heavy (non-hydrogen) atoms. The molecule has 4 heteroatoms. The van der Waals surface area contributed by atoms with E-state index in [2.05, 4.69) is 5.32 Å². The van der Waals surface area contributed by atoms with Gasteiger partial charge >= 0.3 is 0 Å². The van der Waals surface area contributed by atoms with Gasteiger partial charge in [0.2, 0.25) is 0 Å². The molecule has 2 rings (SSSR count). The van der Waals surface area contributed by atoms with Crippen molar-refractivity contribution in [2.45, 2.75) is 32.6 Å². The highest BCUT2D eigenvalue weighted by atomic mass is 19.3. The molecular formula is C15H21F2NO. The summed E-state index contributed by atoms with van der Waals surface area (Å²) in [5, 5.41) is 3.13. The van der Waals surface area contributed by atoms with E-state index in [1.54, 1.807) is 33.1 Å². The number of alkyl halides is 2. The van der Waals surface area contributed by atoms with E-state index in [9.17, 15) is 8.78 Å². The van der Waals surface area contributed by atoms with Gasteiger partial charge in [-0.2, -0.15) is 0 Å². The Labute approximate surface area is 113 Å². The third-order valence-corrected chi connectivity index (χ3v) is 3.95. The van der Waals surface area contributed by atoms with Gasteiger partial charge in [0.05, 0.1) is 7.11 Å². The molecule has 0 amide bonds. The molecule has 1 N–H and O–H groups in total. The largest absolute Gasteiger partial charge is 0.496 e. The Kier molecular flexibility index (Phi) is 4.09. The molecule has 1 saturated heterocycles. The number of aryl methyl sites for hydroxylation is 2. The van der Waals surface area contributed by atoms with Gasteiger partial charge in [-0.1, -0.05) is 0 Å². The quantitative estimate of drug-likeness (QED) is 0.908. The second kappa shape index (κ2) is 5.45. The molecule has 106 valence electrons. The maximum Gasteiger partial charge on any atom is 0.276 e. The van der Waals surface area contributed by atoms with Crippen LogP contribution in [0.1, 0.15) is 29.5 Å². The maximum atomic E-state index is 14.6. The molecule has 1 aliphatic heterocycles. The fourth-order valence-electron chi connectivity index (χ4n) is 2.77. The Morgan fingerprint density at radius 1 is 1.16 bits per heavy atom. The lowest BCUT2D eigenvalue weighted by atomic mass is 9.85. The number of methoxy groups -OCH3 is 1. The summed E-state index contributed by atoms with van der Waals surface area (Å²) >= 11 is 0. The maximum absolute atomic E-state index is 14.6. The summed E-state index contributed by atoms with van der Waals surface area (Å²) in [6.07, 6.45) is 1.05. The summed E-state index contributed by atoms with van der Waals surface area (Å²) < 4.78 is 34.5. The van der Waals surface area contributed by atoms with Gasteiger partial charge in [0, 0.05) is 11.5 Å². The zero-order chi connectivity index (χ0) is 14.0. The van der Waals surface area contributed by atoms with Gasteiger partial charge in [-0.25, -0.2) is 8.78 Å². The Balaban J connectivity index is 2.36. The first-order valence-corrected chi connectivity index (χ1v) is 6.71. The van der Waals surface area contributed by atoms with Crippen LogP contribution in [0.3, 0.4) is 0 Å². The van der Waals surface area contributed by atoms with Crippen LogP contribution in [-0.4, -0.2) is 20.2 Å². The number of piperidine rings is 1. The number of hydrogen-bond acceptors (Lipinski definition) is 2. The normalized spacial score (nSPS) is 17.5. The third kappa shape index (κ3) is 2.73. The van der Waals surface area contributed by atoms with Crippen molar-refractivity contribution in [3.63, 3.8) is 0 Å². The number of ether oxygens (including phenoxy) is 1. The van der Waals surface area contributed by atoms with Crippen molar-refractivity contribution in [3.8, 4) is 5.75 Å². The Hall–Kier alpha value is -1.16. The van der Waals surface area contributed by atoms with Crippen LogP contribution in [0.5, 0.6) is 5.75 Å². The van der Waals surface area contributed by atoms with E-state index >= 15 is 0 Å². The van der Waals surface area contributed by atoms with Gasteiger partial charge in [0.1, 0.15) is 5.75 Å². The fraction of sp³-hybridized carbons (Fsp3) is 0.600. The predicted molar refractivity (Wildman–Crippen MR) is 72.0 cm³/mol. The molecule has 0 bridgehead atoms. The van der Waals surface area contributed by atoms with Crippen LogP contribution in [0.25, 0.3) is 0 Å². The lowest BCUT2D eigenvalue weighted by Gasteiger charge is -2.32. The third-order valence-electron chi connectivity index (χ3n) is 3.95. The van der Waals surface area contributed by atoms with Crippen molar-refractivity contribution in [1.82, 2.24) is 5.32 Å². The highest BCUT2D eigenvalue weighted by molar-refractivity contribution is 5.43.